The van der Waals surface area contributed by atoms with E-state index in [-0.39, 0.29) is 5.91 Å². The van der Waals surface area contributed by atoms with Gasteiger partial charge in [-0.15, -0.1) is 11.3 Å². The number of likely N-dealkylation sites (tertiary alicyclic amines) is 1. The predicted molar refractivity (Wildman–Crippen MR) is 136 cm³/mol. The Hall–Kier alpha value is -2.11. The van der Waals surface area contributed by atoms with Crippen molar-refractivity contribution in [3.63, 3.8) is 0 Å². The molecule has 1 fully saturated rings. The van der Waals surface area contributed by atoms with Gasteiger partial charge in [-0.1, -0.05) is 13.0 Å². The van der Waals surface area contributed by atoms with Gasteiger partial charge in [0.1, 0.15) is 5.58 Å². The number of carbonyl (C=O) groups is 1. The van der Waals surface area contributed by atoms with E-state index >= 15 is 0 Å². The standard InChI is InChI=1S/C28H36N2O2S/c1-5-22-23-8-13-30(20(4)31)16-27(23)33-26(22)9-12-29-10-6-21(7-11-29)25-17-32-28-19(3)14-18(2)15-24(25)28/h14-15,17,21H,5-13,16H2,1-4H3. The summed E-state index contributed by atoms with van der Waals surface area (Å²) in [5.41, 5.74) is 8.15. The first kappa shape index (κ1) is 22.7. The van der Waals surface area contributed by atoms with Crippen LogP contribution in [0.5, 0.6) is 0 Å². The Morgan fingerprint density at radius 1 is 1.18 bits per heavy atom. The zero-order chi connectivity index (χ0) is 23.1. The minimum absolute atomic E-state index is 0.201. The number of amides is 1. The normalized spacial score (nSPS) is 17.6. The summed E-state index contributed by atoms with van der Waals surface area (Å²) in [5.74, 6) is 0.800. The zero-order valence-corrected chi connectivity index (χ0v) is 21.3. The molecule has 4 heterocycles. The molecule has 0 atom stereocenters. The number of hydrogen-bond acceptors (Lipinski definition) is 4. The van der Waals surface area contributed by atoms with Gasteiger partial charge < -0.3 is 14.2 Å². The summed E-state index contributed by atoms with van der Waals surface area (Å²) >= 11 is 1.97. The number of nitrogens with zero attached hydrogens (tertiary/aromatic N) is 2. The average molecular weight is 465 g/mol. The number of fused-ring (bicyclic) bond motifs is 2. The quantitative estimate of drug-likeness (QED) is 0.465. The fourth-order valence-corrected chi connectivity index (χ4v) is 7.41. The molecule has 2 aromatic heterocycles. The fraction of sp³-hybridized carbons (Fsp3) is 0.536. The molecule has 1 saturated heterocycles. The van der Waals surface area contributed by atoms with Crippen molar-refractivity contribution >= 4 is 28.2 Å². The Morgan fingerprint density at radius 2 is 1.97 bits per heavy atom. The van der Waals surface area contributed by atoms with Crippen LogP contribution in [0.25, 0.3) is 11.0 Å². The highest BCUT2D eigenvalue weighted by atomic mass is 32.1. The number of furan rings is 1. The van der Waals surface area contributed by atoms with E-state index in [9.17, 15) is 4.79 Å². The molecule has 3 aromatic rings. The third kappa shape index (κ3) is 4.38. The number of benzene rings is 1. The van der Waals surface area contributed by atoms with Crippen LogP contribution in [0.3, 0.4) is 0 Å². The van der Waals surface area contributed by atoms with Gasteiger partial charge in [0.2, 0.25) is 5.91 Å². The van der Waals surface area contributed by atoms with Crippen LogP contribution in [0, 0.1) is 13.8 Å². The predicted octanol–water partition coefficient (Wildman–Crippen LogP) is 6.00. The molecule has 2 aliphatic heterocycles. The van der Waals surface area contributed by atoms with E-state index in [1.54, 1.807) is 22.9 Å². The summed E-state index contributed by atoms with van der Waals surface area (Å²) in [6.45, 7) is 13.4. The Morgan fingerprint density at radius 3 is 2.70 bits per heavy atom. The van der Waals surface area contributed by atoms with Crippen molar-refractivity contribution < 1.29 is 9.21 Å². The maximum Gasteiger partial charge on any atom is 0.219 e. The number of hydrogen-bond donors (Lipinski definition) is 0. The van der Waals surface area contributed by atoms with Gasteiger partial charge in [0.05, 0.1) is 12.8 Å². The Labute approximate surface area is 201 Å². The Balaban J connectivity index is 1.22. The van der Waals surface area contributed by atoms with E-state index in [1.807, 2.05) is 22.5 Å². The Bertz CT molecular complexity index is 1170. The second kappa shape index (κ2) is 9.27. The number of piperidine rings is 1. The molecule has 1 aromatic carbocycles. The maximum absolute atomic E-state index is 11.8. The minimum atomic E-state index is 0.201. The van der Waals surface area contributed by atoms with Crippen LogP contribution in [0.15, 0.2) is 22.8 Å². The first-order valence-corrected chi connectivity index (χ1v) is 13.3. The first-order chi connectivity index (χ1) is 15.9. The number of carbonyl (C=O) groups excluding carboxylic acids is 1. The zero-order valence-electron chi connectivity index (χ0n) is 20.5. The smallest absolute Gasteiger partial charge is 0.219 e. The monoisotopic (exact) mass is 464 g/mol. The van der Waals surface area contributed by atoms with E-state index in [0.29, 0.717) is 5.92 Å². The van der Waals surface area contributed by atoms with Gasteiger partial charge in [-0.2, -0.15) is 0 Å². The van der Waals surface area contributed by atoms with Crippen LogP contribution < -0.4 is 0 Å². The molecule has 5 heteroatoms. The fourth-order valence-electron chi connectivity index (χ4n) is 5.96. The van der Waals surface area contributed by atoms with Crippen molar-refractivity contribution in [2.24, 2.45) is 0 Å². The highest BCUT2D eigenvalue weighted by molar-refractivity contribution is 7.12. The molecule has 0 aliphatic carbocycles. The third-order valence-corrected chi connectivity index (χ3v) is 9.08. The SMILES string of the molecule is CCc1c(CCN2CCC(c3coc4c(C)cc(C)cc34)CC2)sc2c1CCN(C(C)=O)C2. The van der Waals surface area contributed by atoms with Crippen molar-refractivity contribution in [2.45, 2.75) is 72.3 Å². The molecule has 0 bridgehead atoms. The van der Waals surface area contributed by atoms with Crippen LogP contribution in [0.2, 0.25) is 0 Å². The van der Waals surface area contributed by atoms with Gasteiger partial charge in [0.15, 0.2) is 0 Å². The summed E-state index contributed by atoms with van der Waals surface area (Å²) < 4.78 is 5.97. The lowest BCUT2D eigenvalue weighted by Gasteiger charge is -2.31. The number of aryl methyl sites for hydroxylation is 2. The van der Waals surface area contributed by atoms with Crippen LogP contribution in [0.1, 0.15) is 70.2 Å². The molecule has 1 amide bonds. The molecule has 5 rings (SSSR count). The molecule has 0 N–H and O–H groups in total. The van der Waals surface area contributed by atoms with Gasteiger partial charge >= 0.3 is 0 Å². The number of thiophene rings is 1. The summed E-state index contributed by atoms with van der Waals surface area (Å²) in [5, 5.41) is 1.32. The molecule has 176 valence electrons. The van der Waals surface area contributed by atoms with E-state index < -0.39 is 0 Å². The molecule has 0 radical (unpaired) electrons. The minimum Gasteiger partial charge on any atom is -0.464 e. The summed E-state index contributed by atoms with van der Waals surface area (Å²) in [4.78, 5) is 19.5. The van der Waals surface area contributed by atoms with Crippen LogP contribution in [0.4, 0.5) is 0 Å². The van der Waals surface area contributed by atoms with Gasteiger partial charge in [0.25, 0.3) is 0 Å². The van der Waals surface area contributed by atoms with E-state index in [0.717, 1.165) is 57.6 Å². The third-order valence-electron chi connectivity index (χ3n) is 7.77. The van der Waals surface area contributed by atoms with Crippen LogP contribution >= 0.6 is 11.3 Å². The summed E-state index contributed by atoms with van der Waals surface area (Å²) in [7, 11) is 0. The molecular weight excluding hydrogens is 428 g/mol. The average Bonchev–Trinajstić information content (AvgIpc) is 3.38. The first-order valence-electron chi connectivity index (χ1n) is 12.5. The lowest BCUT2D eigenvalue weighted by atomic mass is 9.88. The number of rotatable bonds is 5. The van der Waals surface area contributed by atoms with E-state index in [1.165, 1.54) is 39.8 Å². The summed E-state index contributed by atoms with van der Waals surface area (Å²) in [6.07, 6.45) is 7.70. The van der Waals surface area contributed by atoms with Crippen molar-refractivity contribution in [1.82, 2.24) is 9.80 Å². The second-order valence-electron chi connectivity index (χ2n) is 9.97. The lowest BCUT2D eigenvalue weighted by Crippen LogP contribution is -2.34. The molecule has 0 unspecified atom stereocenters. The lowest BCUT2D eigenvalue weighted by molar-refractivity contribution is -0.129. The highest BCUT2D eigenvalue weighted by Crippen LogP contribution is 2.37. The molecule has 2 aliphatic rings. The molecule has 4 nitrogen and oxygen atoms in total. The van der Waals surface area contributed by atoms with Gasteiger partial charge in [-0.3, -0.25) is 4.79 Å². The highest BCUT2D eigenvalue weighted by Gasteiger charge is 2.27. The second-order valence-corrected chi connectivity index (χ2v) is 11.2. The Kier molecular flexibility index (Phi) is 6.37. The van der Waals surface area contributed by atoms with Crippen molar-refractivity contribution in [2.75, 3.05) is 26.2 Å². The molecule has 0 saturated carbocycles. The summed E-state index contributed by atoms with van der Waals surface area (Å²) in [6, 6.07) is 4.51. The van der Waals surface area contributed by atoms with Crippen LogP contribution in [-0.2, 0) is 30.6 Å². The molecular formula is C28H36N2O2S. The van der Waals surface area contributed by atoms with Crippen LogP contribution in [-0.4, -0.2) is 41.9 Å². The van der Waals surface area contributed by atoms with Crippen molar-refractivity contribution in [1.29, 1.82) is 0 Å². The van der Waals surface area contributed by atoms with Gasteiger partial charge in [0, 0.05) is 40.7 Å². The molecule has 0 spiro atoms. The maximum atomic E-state index is 11.8. The largest absolute Gasteiger partial charge is 0.464 e. The van der Waals surface area contributed by atoms with E-state index in [2.05, 4.69) is 37.8 Å². The van der Waals surface area contributed by atoms with Crippen molar-refractivity contribution in [3.8, 4) is 0 Å². The molecule has 33 heavy (non-hydrogen) atoms. The van der Waals surface area contributed by atoms with E-state index in [4.69, 9.17) is 4.42 Å². The topological polar surface area (TPSA) is 36.7 Å². The van der Waals surface area contributed by atoms with Gasteiger partial charge in [-0.05, 0) is 93.3 Å². The van der Waals surface area contributed by atoms with Crippen molar-refractivity contribution in [3.05, 3.63) is 56.0 Å². The van der Waals surface area contributed by atoms with Gasteiger partial charge in [-0.25, -0.2) is 0 Å².